The Balaban J connectivity index is 1.53. The fourth-order valence-electron chi connectivity index (χ4n) is 3.63. The van der Waals surface area contributed by atoms with E-state index in [1.54, 1.807) is 6.07 Å². The number of rotatable bonds is 6. The summed E-state index contributed by atoms with van der Waals surface area (Å²) in [6, 6.07) is 17.7. The van der Waals surface area contributed by atoms with E-state index in [2.05, 4.69) is 17.0 Å². The number of para-hydroxylation sites is 1. The van der Waals surface area contributed by atoms with E-state index in [0.29, 0.717) is 12.3 Å². The minimum absolute atomic E-state index is 0.110. The maximum absolute atomic E-state index is 12.9. The van der Waals surface area contributed by atoms with E-state index >= 15 is 0 Å². The molecular formula is C22H28N2O2. The van der Waals surface area contributed by atoms with Crippen LogP contribution in [-0.2, 0) is 17.9 Å². The van der Waals surface area contributed by atoms with E-state index in [0.717, 1.165) is 44.6 Å². The van der Waals surface area contributed by atoms with Crippen molar-refractivity contribution in [3.05, 3.63) is 65.7 Å². The van der Waals surface area contributed by atoms with Gasteiger partial charge in [-0.15, -0.1) is 0 Å². The van der Waals surface area contributed by atoms with Gasteiger partial charge in [0.25, 0.3) is 0 Å². The molecule has 2 aromatic rings. The van der Waals surface area contributed by atoms with E-state index < -0.39 is 0 Å². The minimum Gasteiger partial charge on any atom is -0.508 e. The number of carbonyl (C=O) groups excluding carboxylic acids is 1. The first-order chi connectivity index (χ1) is 12.7. The smallest absolute Gasteiger partial charge is 0.226 e. The van der Waals surface area contributed by atoms with Crippen LogP contribution in [0.1, 0.15) is 30.9 Å². The molecule has 1 heterocycles. The molecule has 1 aliphatic rings. The van der Waals surface area contributed by atoms with Crippen LogP contribution in [-0.4, -0.2) is 40.4 Å². The van der Waals surface area contributed by atoms with Gasteiger partial charge in [0.1, 0.15) is 5.75 Å². The van der Waals surface area contributed by atoms with Gasteiger partial charge >= 0.3 is 0 Å². The van der Waals surface area contributed by atoms with E-state index in [1.807, 2.05) is 48.2 Å². The molecule has 3 rings (SSSR count). The molecule has 2 aromatic carbocycles. The monoisotopic (exact) mass is 352 g/mol. The van der Waals surface area contributed by atoms with E-state index in [-0.39, 0.29) is 11.8 Å². The van der Waals surface area contributed by atoms with Gasteiger partial charge in [-0.05, 0) is 44.5 Å². The lowest BCUT2D eigenvalue weighted by Gasteiger charge is -2.34. The lowest BCUT2D eigenvalue weighted by molar-refractivity contribution is -0.137. The third-order valence-electron chi connectivity index (χ3n) is 5.23. The second-order valence-electron chi connectivity index (χ2n) is 7.02. The Labute approximate surface area is 156 Å². The van der Waals surface area contributed by atoms with Crippen LogP contribution in [0.5, 0.6) is 5.75 Å². The summed E-state index contributed by atoms with van der Waals surface area (Å²) in [5.74, 6) is 0.739. The molecule has 1 saturated heterocycles. The maximum Gasteiger partial charge on any atom is 0.226 e. The average molecular weight is 352 g/mol. The lowest BCUT2D eigenvalue weighted by atomic mass is 9.94. The Morgan fingerprint density at radius 3 is 2.38 bits per heavy atom. The summed E-state index contributed by atoms with van der Waals surface area (Å²) in [4.78, 5) is 17.2. The number of hydrogen-bond donors (Lipinski definition) is 1. The van der Waals surface area contributed by atoms with Gasteiger partial charge in [0, 0.05) is 31.1 Å². The van der Waals surface area contributed by atoms with Crippen LogP contribution < -0.4 is 0 Å². The van der Waals surface area contributed by atoms with Crippen molar-refractivity contribution in [1.29, 1.82) is 0 Å². The highest BCUT2D eigenvalue weighted by atomic mass is 16.3. The molecule has 0 radical (unpaired) electrons. The Kier molecular flexibility index (Phi) is 6.29. The Hall–Kier alpha value is -2.33. The molecule has 1 aliphatic heterocycles. The zero-order valence-corrected chi connectivity index (χ0v) is 15.5. The molecule has 138 valence electrons. The van der Waals surface area contributed by atoms with Crippen LogP contribution in [0.25, 0.3) is 0 Å². The summed E-state index contributed by atoms with van der Waals surface area (Å²) in [5.41, 5.74) is 2.14. The first-order valence-corrected chi connectivity index (χ1v) is 9.49. The number of likely N-dealkylation sites (tertiary alicyclic amines) is 1. The van der Waals surface area contributed by atoms with Crippen molar-refractivity contribution in [2.75, 3.05) is 19.6 Å². The minimum atomic E-state index is 0.110. The molecular weight excluding hydrogens is 324 g/mol. The quantitative estimate of drug-likeness (QED) is 0.863. The normalized spacial score (nSPS) is 15.7. The van der Waals surface area contributed by atoms with E-state index in [9.17, 15) is 9.90 Å². The topological polar surface area (TPSA) is 43.8 Å². The van der Waals surface area contributed by atoms with Crippen molar-refractivity contribution in [2.45, 2.75) is 32.9 Å². The number of phenolic OH excluding ortho intramolecular Hbond substituents is 1. The molecule has 26 heavy (non-hydrogen) atoms. The van der Waals surface area contributed by atoms with E-state index in [1.165, 1.54) is 5.56 Å². The SMILES string of the molecule is CCN(Cc1ccccc1)C(=O)C1CCN(Cc2ccccc2O)CC1. The molecule has 4 heteroatoms. The Morgan fingerprint density at radius 1 is 1.08 bits per heavy atom. The van der Waals surface area contributed by atoms with Crippen LogP contribution >= 0.6 is 0 Å². The highest BCUT2D eigenvalue weighted by molar-refractivity contribution is 5.79. The molecule has 0 aromatic heterocycles. The van der Waals surface area contributed by atoms with Crippen LogP contribution in [0.4, 0.5) is 0 Å². The number of phenols is 1. The number of hydrogen-bond acceptors (Lipinski definition) is 3. The molecule has 0 bridgehead atoms. The highest BCUT2D eigenvalue weighted by Crippen LogP contribution is 2.24. The molecule has 0 aliphatic carbocycles. The summed E-state index contributed by atoms with van der Waals surface area (Å²) in [6.45, 7) is 6.02. The number of benzene rings is 2. The number of amides is 1. The summed E-state index contributed by atoms with van der Waals surface area (Å²) < 4.78 is 0. The van der Waals surface area contributed by atoms with Gasteiger partial charge in [0.15, 0.2) is 0 Å². The van der Waals surface area contributed by atoms with Crippen molar-refractivity contribution in [3.63, 3.8) is 0 Å². The second kappa shape index (κ2) is 8.86. The number of carbonyl (C=O) groups is 1. The fraction of sp³-hybridized carbons (Fsp3) is 0.409. The first kappa shape index (κ1) is 18.5. The van der Waals surface area contributed by atoms with Gasteiger partial charge in [-0.1, -0.05) is 48.5 Å². The largest absolute Gasteiger partial charge is 0.508 e. The third-order valence-corrected chi connectivity index (χ3v) is 5.23. The fourth-order valence-corrected chi connectivity index (χ4v) is 3.63. The molecule has 4 nitrogen and oxygen atoms in total. The van der Waals surface area contributed by atoms with Crippen molar-refractivity contribution < 1.29 is 9.90 Å². The second-order valence-corrected chi connectivity index (χ2v) is 7.02. The summed E-state index contributed by atoms with van der Waals surface area (Å²) in [7, 11) is 0. The number of piperidine rings is 1. The molecule has 0 unspecified atom stereocenters. The van der Waals surface area contributed by atoms with Crippen LogP contribution in [0, 0.1) is 5.92 Å². The Bertz CT molecular complexity index is 709. The molecule has 1 fully saturated rings. The van der Waals surface area contributed by atoms with Gasteiger partial charge in [-0.2, -0.15) is 0 Å². The summed E-state index contributed by atoms with van der Waals surface area (Å²) in [5, 5.41) is 9.94. The molecule has 0 atom stereocenters. The zero-order chi connectivity index (χ0) is 18.4. The maximum atomic E-state index is 12.9. The van der Waals surface area contributed by atoms with Crippen molar-refractivity contribution in [2.24, 2.45) is 5.92 Å². The average Bonchev–Trinajstić information content (AvgIpc) is 2.69. The van der Waals surface area contributed by atoms with Gasteiger partial charge < -0.3 is 10.0 Å². The molecule has 1 N–H and O–H groups in total. The summed E-state index contributed by atoms with van der Waals surface area (Å²) >= 11 is 0. The molecule has 1 amide bonds. The van der Waals surface area contributed by atoms with Crippen molar-refractivity contribution >= 4 is 5.91 Å². The van der Waals surface area contributed by atoms with Crippen molar-refractivity contribution in [1.82, 2.24) is 9.80 Å². The van der Waals surface area contributed by atoms with Crippen LogP contribution in [0.3, 0.4) is 0 Å². The molecule has 0 spiro atoms. The Morgan fingerprint density at radius 2 is 1.73 bits per heavy atom. The lowest BCUT2D eigenvalue weighted by Crippen LogP contribution is -2.42. The van der Waals surface area contributed by atoms with Gasteiger partial charge in [0.05, 0.1) is 0 Å². The predicted molar refractivity (Wildman–Crippen MR) is 104 cm³/mol. The van der Waals surface area contributed by atoms with E-state index in [4.69, 9.17) is 0 Å². The number of nitrogens with zero attached hydrogens (tertiary/aromatic N) is 2. The zero-order valence-electron chi connectivity index (χ0n) is 15.5. The van der Waals surface area contributed by atoms with Gasteiger partial charge in [-0.3, -0.25) is 9.69 Å². The standard InChI is InChI=1S/C22H28N2O2/c1-2-24(16-18-8-4-3-5-9-18)22(26)19-12-14-23(15-13-19)17-20-10-6-7-11-21(20)25/h3-11,19,25H,2,12-17H2,1H3. The number of aromatic hydroxyl groups is 1. The highest BCUT2D eigenvalue weighted by Gasteiger charge is 2.28. The third kappa shape index (κ3) is 4.64. The molecule has 0 saturated carbocycles. The van der Waals surface area contributed by atoms with Crippen molar-refractivity contribution in [3.8, 4) is 5.75 Å². The van der Waals surface area contributed by atoms with Crippen LogP contribution in [0.2, 0.25) is 0 Å². The predicted octanol–water partition coefficient (Wildman–Crippen LogP) is 3.65. The van der Waals surface area contributed by atoms with Gasteiger partial charge in [0.2, 0.25) is 5.91 Å². The van der Waals surface area contributed by atoms with Gasteiger partial charge in [-0.25, -0.2) is 0 Å². The summed E-state index contributed by atoms with van der Waals surface area (Å²) in [6.07, 6.45) is 1.77. The van der Waals surface area contributed by atoms with Crippen LogP contribution in [0.15, 0.2) is 54.6 Å². The first-order valence-electron chi connectivity index (χ1n) is 9.49.